The number of nitrogens with one attached hydrogen (secondary N) is 1. The van der Waals surface area contributed by atoms with Gasteiger partial charge in [-0.25, -0.2) is 0 Å². The van der Waals surface area contributed by atoms with E-state index in [0.29, 0.717) is 23.6 Å². The third-order valence-electron chi connectivity index (χ3n) is 4.84. The minimum Gasteiger partial charge on any atom is -0.457 e. The standard InChI is InChI=1S/C24H33N3O4/c1-15(2)11-23(29)25-20-9-7-19(8-10-20)22(28)14-31-24(30)12-21-17(5)26-27(18(21)6)13-16(3)4/h7-10,15-16H,11-14H2,1-6H3,(H,25,29). The van der Waals surface area contributed by atoms with Crippen LogP contribution in [0, 0.1) is 25.7 Å². The zero-order valence-corrected chi connectivity index (χ0v) is 19.3. The van der Waals surface area contributed by atoms with Crippen LogP contribution in [0.2, 0.25) is 0 Å². The number of anilines is 1. The maximum Gasteiger partial charge on any atom is 0.310 e. The second-order valence-electron chi connectivity index (χ2n) is 8.71. The zero-order chi connectivity index (χ0) is 23.1. The van der Waals surface area contributed by atoms with Crippen molar-refractivity contribution in [1.29, 1.82) is 0 Å². The second-order valence-corrected chi connectivity index (χ2v) is 8.71. The van der Waals surface area contributed by atoms with E-state index in [1.807, 2.05) is 32.4 Å². The number of carbonyl (C=O) groups excluding carboxylic acids is 3. The summed E-state index contributed by atoms with van der Waals surface area (Å²) in [5.41, 5.74) is 3.65. The number of Topliss-reactive ketones (excluding diaryl/α,β-unsaturated/α-hetero) is 1. The van der Waals surface area contributed by atoms with Crippen molar-refractivity contribution in [1.82, 2.24) is 9.78 Å². The number of hydrogen-bond donors (Lipinski definition) is 1. The SMILES string of the molecule is Cc1nn(CC(C)C)c(C)c1CC(=O)OCC(=O)c1ccc(NC(=O)CC(C)C)cc1. The number of esters is 1. The summed E-state index contributed by atoms with van der Waals surface area (Å²) in [4.78, 5) is 36.5. The summed E-state index contributed by atoms with van der Waals surface area (Å²) in [6.07, 6.45) is 0.524. The molecule has 0 unspecified atom stereocenters. The molecule has 0 aliphatic carbocycles. The topological polar surface area (TPSA) is 90.3 Å². The van der Waals surface area contributed by atoms with Gasteiger partial charge in [0, 0.05) is 35.5 Å². The Labute approximate surface area is 184 Å². The van der Waals surface area contributed by atoms with Gasteiger partial charge >= 0.3 is 5.97 Å². The van der Waals surface area contributed by atoms with Crippen molar-refractivity contribution < 1.29 is 19.1 Å². The Morgan fingerprint density at radius 3 is 2.26 bits per heavy atom. The van der Waals surface area contributed by atoms with Gasteiger partial charge in [0.25, 0.3) is 0 Å². The first-order valence-electron chi connectivity index (χ1n) is 10.7. The molecule has 1 aromatic carbocycles. The van der Waals surface area contributed by atoms with Crippen molar-refractivity contribution in [2.75, 3.05) is 11.9 Å². The highest BCUT2D eigenvalue weighted by atomic mass is 16.5. The molecule has 1 aromatic heterocycles. The fourth-order valence-electron chi connectivity index (χ4n) is 3.26. The molecule has 1 amide bonds. The van der Waals surface area contributed by atoms with Crippen molar-refractivity contribution in [3.63, 3.8) is 0 Å². The van der Waals surface area contributed by atoms with Gasteiger partial charge < -0.3 is 10.1 Å². The minimum atomic E-state index is -0.457. The first-order chi connectivity index (χ1) is 14.6. The molecule has 0 aliphatic heterocycles. The number of nitrogens with zero attached hydrogens (tertiary/aromatic N) is 2. The van der Waals surface area contributed by atoms with Crippen LogP contribution in [0.1, 0.15) is 61.4 Å². The van der Waals surface area contributed by atoms with Crippen molar-refractivity contribution in [2.24, 2.45) is 11.8 Å². The summed E-state index contributed by atoms with van der Waals surface area (Å²) in [5.74, 6) is -0.0955. The third kappa shape index (κ3) is 7.35. The Morgan fingerprint density at radius 1 is 1.03 bits per heavy atom. The lowest BCUT2D eigenvalue weighted by atomic mass is 10.1. The zero-order valence-electron chi connectivity index (χ0n) is 19.3. The average Bonchev–Trinajstić information content (AvgIpc) is 2.92. The quantitative estimate of drug-likeness (QED) is 0.455. The number of aromatic nitrogens is 2. The van der Waals surface area contributed by atoms with Gasteiger partial charge in [-0.15, -0.1) is 0 Å². The van der Waals surface area contributed by atoms with Crippen molar-refractivity contribution in [3.8, 4) is 0 Å². The largest absolute Gasteiger partial charge is 0.457 e. The summed E-state index contributed by atoms with van der Waals surface area (Å²) < 4.78 is 7.12. The maximum absolute atomic E-state index is 12.4. The molecule has 7 nitrogen and oxygen atoms in total. The van der Waals surface area contributed by atoms with Crippen molar-refractivity contribution in [3.05, 3.63) is 46.8 Å². The number of rotatable bonds is 10. The van der Waals surface area contributed by atoms with E-state index < -0.39 is 5.97 Å². The van der Waals surface area contributed by atoms with E-state index in [1.54, 1.807) is 24.3 Å². The summed E-state index contributed by atoms with van der Waals surface area (Å²) in [5, 5.41) is 7.30. The van der Waals surface area contributed by atoms with E-state index in [-0.39, 0.29) is 30.6 Å². The monoisotopic (exact) mass is 427 g/mol. The van der Waals surface area contributed by atoms with Crippen LogP contribution < -0.4 is 5.32 Å². The molecule has 0 spiro atoms. The fourth-order valence-corrected chi connectivity index (χ4v) is 3.26. The molecule has 0 radical (unpaired) electrons. The Kier molecular flexibility index (Phi) is 8.54. The second kappa shape index (κ2) is 10.9. The molecule has 0 atom stereocenters. The van der Waals surface area contributed by atoms with Gasteiger partial charge in [0.15, 0.2) is 12.4 Å². The summed E-state index contributed by atoms with van der Waals surface area (Å²) >= 11 is 0. The van der Waals surface area contributed by atoms with Crippen LogP contribution in [0.3, 0.4) is 0 Å². The average molecular weight is 428 g/mol. The molecule has 31 heavy (non-hydrogen) atoms. The smallest absolute Gasteiger partial charge is 0.310 e. The van der Waals surface area contributed by atoms with Gasteiger partial charge in [-0.2, -0.15) is 5.10 Å². The van der Waals surface area contributed by atoms with Gasteiger partial charge in [-0.05, 0) is 49.9 Å². The van der Waals surface area contributed by atoms with Crippen LogP contribution in [-0.2, 0) is 27.3 Å². The van der Waals surface area contributed by atoms with Crippen LogP contribution in [0.5, 0.6) is 0 Å². The number of ketones is 1. The molecule has 2 aromatic rings. The molecule has 168 valence electrons. The van der Waals surface area contributed by atoms with E-state index in [9.17, 15) is 14.4 Å². The molecule has 1 heterocycles. The predicted molar refractivity (Wildman–Crippen MR) is 120 cm³/mol. The van der Waals surface area contributed by atoms with Crippen LogP contribution >= 0.6 is 0 Å². The number of benzene rings is 1. The summed E-state index contributed by atoms with van der Waals surface area (Å²) in [6, 6.07) is 6.57. The predicted octanol–water partition coefficient (Wildman–Crippen LogP) is 4.11. The number of hydrogen-bond acceptors (Lipinski definition) is 5. The highest BCUT2D eigenvalue weighted by molar-refractivity contribution is 5.99. The van der Waals surface area contributed by atoms with Gasteiger partial charge in [0.05, 0.1) is 12.1 Å². The lowest BCUT2D eigenvalue weighted by molar-refractivity contribution is -0.141. The molecule has 1 N–H and O–H groups in total. The molecule has 7 heteroatoms. The minimum absolute atomic E-state index is 0.0645. The van der Waals surface area contributed by atoms with Crippen molar-refractivity contribution >= 4 is 23.3 Å². The van der Waals surface area contributed by atoms with Crippen LogP contribution in [0.15, 0.2) is 24.3 Å². The Morgan fingerprint density at radius 2 is 1.68 bits per heavy atom. The molecular formula is C24H33N3O4. The van der Waals surface area contributed by atoms with E-state index in [1.165, 1.54) is 0 Å². The Hall–Kier alpha value is -2.96. The van der Waals surface area contributed by atoms with Crippen LogP contribution in [0.4, 0.5) is 5.69 Å². The first kappa shape index (κ1) is 24.3. The summed E-state index contributed by atoms with van der Waals surface area (Å²) in [6.45, 7) is 12.5. The summed E-state index contributed by atoms with van der Waals surface area (Å²) in [7, 11) is 0. The molecule has 0 aliphatic rings. The van der Waals surface area contributed by atoms with Gasteiger partial charge in [0.1, 0.15) is 0 Å². The number of aryl methyl sites for hydroxylation is 1. The molecule has 0 saturated carbocycles. The van der Waals surface area contributed by atoms with E-state index in [0.717, 1.165) is 23.5 Å². The van der Waals surface area contributed by atoms with Gasteiger partial charge in [-0.3, -0.25) is 19.1 Å². The van der Waals surface area contributed by atoms with Gasteiger partial charge in [-0.1, -0.05) is 27.7 Å². The van der Waals surface area contributed by atoms with Crippen LogP contribution in [0.25, 0.3) is 0 Å². The molecular weight excluding hydrogens is 394 g/mol. The molecule has 2 rings (SSSR count). The van der Waals surface area contributed by atoms with Crippen LogP contribution in [-0.4, -0.2) is 34.0 Å². The van der Waals surface area contributed by atoms with E-state index in [2.05, 4.69) is 24.3 Å². The number of ether oxygens (including phenoxy) is 1. The molecule has 0 bridgehead atoms. The maximum atomic E-state index is 12.4. The number of amides is 1. The van der Waals surface area contributed by atoms with E-state index >= 15 is 0 Å². The lowest BCUT2D eigenvalue weighted by Crippen LogP contribution is -2.17. The number of carbonyl (C=O) groups is 3. The Bertz CT molecular complexity index is 927. The molecule has 0 fully saturated rings. The highest BCUT2D eigenvalue weighted by Crippen LogP contribution is 2.16. The molecule has 0 saturated heterocycles. The highest BCUT2D eigenvalue weighted by Gasteiger charge is 2.17. The fraction of sp³-hybridized carbons (Fsp3) is 0.500. The van der Waals surface area contributed by atoms with Crippen molar-refractivity contribution in [2.45, 2.75) is 60.9 Å². The Balaban J connectivity index is 1.89. The third-order valence-corrected chi connectivity index (χ3v) is 4.84. The van der Waals surface area contributed by atoms with Gasteiger partial charge in [0.2, 0.25) is 5.91 Å². The van der Waals surface area contributed by atoms with E-state index in [4.69, 9.17) is 4.74 Å². The normalized spacial score (nSPS) is 11.1. The lowest BCUT2D eigenvalue weighted by Gasteiger charge is -2.09. The first-order valence-corrected chi connectivity index (χ1v) is 10.7.